The number of nitrogens with zero attached hydrogens (tertiary/aromatic N) is 2. The number of primary sulfonamides is 1. The Morgan fingerprint density at radius 1 is 1.23 bits per heavy atom. The number of fused-ring (bicyclic) bond motifs is 1. The SMILES string of the molecule is C=CCn1c(=NC(=O)CCCSCc2ccccc2)sc2cc(S(N)(=O)=O)ccc21. The van der Waals surface area contributed by atoms with Crippen LogP contribution in [0.3, 0.4) is 0 Å². The molecule has 1 aromatic heterocycles. The number of aromatic nitrogens is 1. The van der Waals surface area contributed by atoms with Gasteiger partial charge in [-0.3, -0.25) is 4.79 Å². The molecule has 0 saturated heterocycles. The Morgan fingerprint density at radius 2 is 2.00 bits per heavy atom. The molecule has 30 heavy (non-hydrogen) atoms. The van der Waals surface area contributed by atoms with Gasteiger partial charge in [0, 0.05) is 18.7 Å². The summed E-state index contributed by atoms with van der Waals surface area (Å²) in [5.74, 6) is 1.62. The number of carbonyl (C=O) groups excluding carboxylic acids is 1. The highest BCUT2D eigenvalue weighted by Crippen LogP contribution is 2.21. The predicted molar refractivity (Wildman–Crippen MR) is 124 cm³/mol. The highest BCUT2D eigenvalue weighted by molar-refractivity contribution is 7.98. The zero-order valence-electron chi connectivity index (χ0n) is 16.4. The van der Waals surface area contributed by atoms with E-state index in [9.17, 15) is 13.2 Å². The van der Waals surface area contributed by atoms with E-state index in [2.05, 4.69) is 23.7 Å². The van der Waals surface area contributed by atoms with Gasteiger partial charge >= 0.3 is 0 Å². The Balaban J connectivity index is 1.69. The van der Waals surface area contributed by atoms with Crippen LogP contribution in [0.2, 0.25) is 0 Å². The number of rotatable bonds is 9. The van der Waals surface area contributed by atoms with E-state index in [-0.39, 0.29) is 10.8 Å². The van der Waals surface area contributed by atoms with E-state index in [1.807, 2.05) is 22.8 Å². The number of thioether (sulfide) groups is 1. The first-order chi connectivity index (χ1) is 14.4. The van der Waals surface area contributed by atoms with Gasteiger partial charge in [0.2, 0.25) is 15.9 Å². The minimum atomic E-state index is -3.79. The Morgan fingerprint density at radius 3 is 2.70 bits per heavy atom. The zero-order valence-corrected chi connectivity index (χ0v) is 18.8. The van der Waals surface area contributed by atoms with Gasteiger partial charge in [0.25, 0.3) is 0 Å². The molecule has 2 N–H and O–H groups in total. The monoisotopic (exact) mass is 461 g/mol. The maximum absolute atomic E-state index is 12.4. The molecule has 0 saturated carbocycles. The van der Waals surface area contributed by atoms with Gasteiger partial charge in [-0.25, -0.2) is 13.6 Å². The van der Waals surface area contributed by atoms with E-state index >= 15 is 0 Å². The first-order valence-electron chi connectivity index (χ1n) is 9.35. The van der Waals surface area contributed by atoms with E-state index in [4.69, 9.17) is 5.14 Å². The molecule has 0 fully saturated rings. The lowest BCUT2D eigenvalue weighted by atomic mass is 10.2. The van der Waals surface area contributed by atoms with E-state index in [0.29, 0.717) is 22.5 Å². The highest BCUT2D eigenvalue weighted by atomic mass is 32.2. The molecule has 0 spiro atoms. The number of hydrogen-bond donors (Lipinski definition) is 1. The smallest absolute Gasteiger partial charge is 0.248 e. The van der Waals surface area contributed by atoms with Gasteiger partial charge in [0.15, 0.2) is 4.80 Å². The lowest BCUT2D eigenvalue weighted by molar-refractivity contribution is -0.118. The highest BCUT2D eigenvalue weighted by Gasteiger charge is 2.12. The summed E-state index contributed by atoms with van der Waals surface area (Å²) in [6, 6.07) is 14.9. The van der Waals surface area contributed by atoms with Crippen molar-refractivity contribution in [3.63, 3.8) is 0 Å². The molecule has 1 heterocycles. The molecule has 3 aromatic rings. The standard InChI is InChI=1S/C21H23N3O3S3/c1-2-12-24-18-11-10-17(30(22,26)27)14-19(18)29-21(24)23-20(25)9-6-13-28-15-16-7-4-3-5-8-16/h2-5,7-8,10-11,14H,1,6,9,12-13,15H2,(H2,22,26,27). The Labute approximate surface area is 184 Å². The molecule has 0 aliphatic carbocycles. The zero-order chi connectivity index (χ0) is 21.6. The van der Waals surface area contributed by atoms with Gasteiger partial charge < -0.3 is 4.57 Å². The summed E-state index contributed by atoms with van der Waals surface area (Å²) in [4.78, 5) is 17.2. The third kappa shape index (κ3) is 5.91. The molecule has 6 nitrogen and oxygen atoms in total. The third-order valence-corrected chi connectivity index (χ3v) is 7.37. The van der Waals surface area contributed by atoms with Crippen LogP contribution in [-0.4, -0.2) is 24.6 Å². The van der Waals surface area contributed by atoms with Crippen LogP contribution in [-0.2, 0) is 27.1 Å². The predicted octanol–water partition coefficient (Wildman–Crippen LogP) is 3.68. The molecule has 0 atom stereocenters. The normalized spacial score (nSPS) is 12.4. The van der Waals surface area contributed by atoms with Crippen LogP contribution >= 0.6 is 23.1 Å². The van der Waals surface area contributed by atoms with Crippen LogP contribution in [0.4, 0.5) is 0 Å². The van der Waals surface area contributed by atoms with Crippen LogP contribution in [0, 0.1) is 0 Å². The van der Waals surface area contributed by atoms with Crippen LogP contribution in [0.25, 0.3) is 10.2 Å². The average molecular weight is 462 g/mol. The van der Waals surface area contributed by atoms with Crippen molar-refractivity contribution in [2.75, 3.05) is 5.75 Å². The minimum absolute atomic E-state index is 0.0373. The summed E-state index contributed by atoms with van der Waals surface area (Å²) in [7, 11) is -3.79. The molecule has 0 bridgehead atoms. The van der Waals surface area contributed by atoms with E-state index < -0.39 is 10.0 Å². The largest absolute Gasteiger partial charge is 0.313 e. The molecule has 0 unspecified atom stereocenters. The fourth-order valence-electron chi connectivity index (χ4n) is 2.87. The Bertz CT molecular complexity index is 1210. The van der Waals surface area contributed by atoms with Crippen molar-refractivity contribution >= 4 is 49.2 Å². The maximum atomic E-state index is 12.4. The number of hydrogen-bond acceptors (Lipinski definition) is 5. The number of allylic oxidation sites excluding steroid dienone is 1. The number of benzene rings is 2. The maximum Gasteiger partial charge on any atom is 0.248 e. The van der Waals surface area contributed by atoms with Gasteiger partial charge in [-0.2, -0.15) is 16.8 Å². The van der Waals surface area contributed by atoms with E-state index in [1.165, 1.54) is 29.0 Å². The number of nitrogens with two attached hydrogens (primary N) is 1. The summed E-state index contributed by atoms with van der Waals surface area (Å²) in [5, 5.41) is 5.22. The van der Waals surface area contributed by atoms with Gasteiger partial charge in [-0.1, -0.05) is 47.7 Å². The lowest BCUT2D eigenvalue weighted by Crippen LogP contribution is -2.16. The molecule has 9 heteroatoms. The van der Waals surface area contributed by atoms with Crippen molar-refractivity contribution in [3.8, 4) is 0 Å². The van der Waals surface area contributed by atoms with Crippen molar-refractivity contribution in [2.24, 2.45) is 10.1 Å². The molecule has 3 rings (SSSR count). The van der Waals surface area contributed by atoms with E-state index in [1.54, 1.807) is 23.9 Å². The second-order valence-electron chi connectivity index (χ2n) is 6.61. The quantitative estimate of drug-likeness (QED) is 0.388. The minimum Gasteiger partial charge on any atom is -0.313 e. The van der Waals surface area contributed by atoms with Crippen LogP contribution in [0.15, 0.2) is 71.1 Å². The Kier molecular flexibility index (Phi) is 7.65. The van der Waals surface area contributed by atoms with Crippen LogP contribution in [0.1, 0.15) is 18.4 Å². The third-order valence-electron chi connectivity index (χ3n) is 4.31. The molecule has 0 aliphatic heterocycles. The second kappa shape index (κ2) is 10.2. The van der Waals surface area contributed by atoms with Crippen molar-refractivity contribution in [2.45, 2.75) is 30.0 Å². The van der Waals surface area contributed by atoms with Crippen LogP contribution in [0.5, 0.6) is 0 Å². The Hall–Kier alpha value is -2.20. The van der Waals surface area contributed by atoms with Crippen molar-refractivity contribution in [3.05, 3.63) is 71.6 Å². The molecule has 0 aliphatic rings. The average Bonchev–Trinajstić information content (AvgIpc) is 3.04. The first-order valence-corrected chi connectivity index (χ1v) is 12.9. The summed E-state index contributed by atoms with van der Waals surface area (Å²) in [6.45, 7) is 4.22. The fourth-order valence-corrected chi connectivity index (χ4v) is 5.50. The number of thiazole rings is 1. The molecular weight excluding hydrogens is 438 g/mol. The molecule has 1 amide bonds. The summed E-state index contributed by atoms with van der Waals surface area (Å²) >= 11 is 3.06. The second-order valence-corrected chi connectivity index (χ2v) is 10.3. The first kappa shape index (κ1) is 22.5. The van der Waals surface area contributed by atoms with Crippen molar-refractivity contribution in [1.82, 2.24) is 4.57 Å². The molecular formula is C21H23N3O3S3. The van der Waals surface area contributed by atoms with Gasteiger partial charge in [-0.15, -0.1) is 6.58 Å². The van der Waals surface area contributed by atoms with Gasteiger partial charge in [-0.05, 0) is 35.9 Å². The lowest BCUT2D eigenvalue weighted by Gasteiger charge is -2.02. The molecule has 2 aromatic carbocycles. The van der Waals surface area contributed by atoms with Crippen molar-refractivity contribution < 1.29 is 13.2 Å². The van der Waals surface area contributed by atoms with Gasteiger partial charge in [0.1, 0.15) is 0 Å². The van der Waals surface area contributed by atoms with Crippen LogP contribution < -0.4 is 9.94 Å². The summed E-state index contributed by atoms with van der Waals surface area (Å²) < 4.78 is 25.8. The van der Waals surface area contributed by atoms with Crippen molar-refractivity contribution in [1.29, 1.82) is 0 Å². The molecule has 158 valence electrons. The van der Waals surface area contributed by atoms with Gasteiger partial charge in [0.05, 0.1) is 15.1 Å². The summed E-state index contributed by atoms with van der Waals surface area (Å²) in [5.41, 5.74) is 2.06. The number of amides is 1. The topological polar surface area (TPSA) is 94.5 Å². The fraction of sp³-hybridized carbons (Fsp3) is 0.238. The number of carbonyl (C=O) groups is 1. The number of sulfonamides is 1. The molecule has 0 radical (unpaired) electrons. The summed E-state index contributed by atoms with van der Waals surface area (Å²) in [6.07, 6.45) is 2.83. The van der Waals surface area contributed by atoms with E-state index in [0.717, 1.165) is 23.4 Å².